The molecule has 0 unspecified atom stereocenters. The SMILES string of the molecule is CCN(C(=O)[C@H](Cc1ccccc1)NC(=O)NS(O)(O)c1cccc(-c2csc3ccccc23)c1C)c1ccc(OC)cc1.[HH].[HH]. The van der Waals surface area contributed by atoms with Gasteiger partial charge < -0.3 is 15.0 Å². The molecule has 232 valence electrons. The number of carbonyl (C=O) groups is 2. The first kappa shape index (κ1) is 31.1. The molecule has 0 saturated heterocycles. The molecule has 1 heterocycles. The van der Waals surface area contributed by atoms with E-state index in [0.29, 0.717) is 23.5 Å². The number of ether oxygens (including phenoxy) is 1. The molecular formula is C34H39N3O5S2. The fourth-order valence-corrected chi connectivity index (χ4v) is 7.43. The smallest absolute Gasteiger partial charge is 0.334 e. The van der Waals surface area contributed by atoms with Gasteiger partial charge in [-0.2, -0.15) is 0 Å². The molecule has 5 aromatic rings. The summed E-state index contributed by atoms with van der Waals surface area (Å²) in [6, 6.07) is 27.9. The van der Waals surface area contributed by atoms with Gasteiger partial charge in [0.2, 0.25) is 5.91 Å². The number of hydrogen-bond donors (Lipinski definition) is 4. The van der Waals surface area contributed by atoms with E-state index in [1.165, 1.54) is 0 Å². The van der Waals surface area contributed by atoms with Crippen LogP contribution in [0.3, 0.4) is 0 Å². The van der Waals surface area contributed by atoms with E-state index in [-0.39, 0.29) is 20.1 Å². The molecule has 44 heavy (non-hydrogen) atoms. The normalized spacial score (nSPS) is 12.4. The number of anilines is 1. The molecule has 0 aliphatic heterocycles. The molecule has 4 aromatic carbocycles. The number of nitrogens with one attached hydrogen (secondary N) is 2. The van der Waals surface area contributed by atoms with Gasteiger partial charge in [-0.1, -0.05) is 71.4 Å². The van der Waals surface area contributed by atoms with Crippen LogP contribution in [-0.2, 0) is 11.2 Å². The summed E-state index contributed by atoms with van der Waals surface area (Å²) >= 11 is 1.62. The predicted molar refractivity (Wildman–Crippen MR) is 184 cm³/mol. The molecule has 0 fully saturated rings. The molecule has 0 bridgehead atoms. The van der Waals surface area contributed by atoms with Crippen LogP contribution in [0.2, 0.25) is 0 Å². The monoisotopic (exact) mass is 633 g/mol. The maximum Gasteiger partial charge on any atom is 0.334 e. The van der Waals surface area contributed by atoms with Gasteiger partial charge in [-0.15, -0.1) is 11.3 Å². The number of carbonyl (C=O) groups excluding carboxylic acids is 2. The van der Waals surface area contributed by atoms with E-state index in [9.17, 15) is 18.7 Å². The van der Waals surface area contributed by atoms with Crippen molar-refractivity contribution in [1.29, 1.82) is 0 Å². The average molecular weight is 634 g/mol. The fourth-order valence-electron chi connectivity index (χ4n) is 5.24. The zero-order valence-electron chi connectivity index (χ0n) is 24.7. The highest BCUT2D eigenvalue weighted by atomic mass is 32.3. The minimum atomic E-state index is -3.78. The molecule has 0 radical (unpaired) electrons. The zero-order chi connectivity index (χ0) is 31.3. The molecule has 1 atom stereocenters. The molecule has 5 rings (SSSR count). The van der Waals surface area contributed by atoms with Crippen LogP contribution in [0.4, 0.5) is 10.5 Å². The molecule has 4 N–H and O–H groups in total. The van der Waals surface area contributed by atoms with Crippen LogP contribution in [-0.4, -0.2) is 40.7 Å². The number of methoxy groups -OCH3 is 1. The highest BCUT2D eigenvalue weighted by Gasteiger charge is 2.29. The van der Waals surface area contributed by atoms with Crippen LogP contribution < -0.4 is 19.7 Å². The van der Waals surface area contributed by atoms with Gasteiger partial charge in [-0.05, 0) is 72.3 Å². The average Bonchev–Trinajstić information content (AvgIpc) is 3.45. The van der Waals surface area contributed by atoms with Crippen molar-refractivity contribution in [3.05, 3.63) is 114 Å². The highest BCUT2D eigenvalue weighted by molar-refractivity contribution is 8.23. The Bertz CT molecular complexity index is 1770. The van der Waals surface area contributed by atoms with E-state index < -0.39 is 22.8 Å². The van der Waals surface area contributed by atoms with Gasteiger partial charge in [-0.25, -0.2) is 9.52 Å². The predicted octanol–water partition coefficient (Wildman–Crippen LogP) is 8.37. The van der Waals surface area contributed by atoms with E-state index in [1.807, 2.05) is 73.0 Å². The van der Waals surface area contributed by atoms with Crippen molar-refractivity contribution in [2.75, 3.05) is 18.6 Å². The Morgan fingerprint density at radius 1 is 0.932 bits per heavy atom. The van der Waals surface area contributed by atoms with Gasteiger partial charge >= 0.3 is 6.03 Å². The molecular weight excluding hydrogens is 595 g/mol. The lowest BCUT2D eigenvalue weighted by atomic mass is 10.0. The van der Waals surface area contributed by atoms with Gasteiger partial charge in [-0.3, -0.25) is 13.9 Å². The molecule has 0 aliphatic rings. The molecule has 0 spiro atoms. The number of urea groups is 1. The summed E-state index contributed by atoms with van der Waals surface area (Å²) < 4.78 is 31.3. The Morgan fingerprint density at radius 2 is 1.64 bits per heavy atom. The van der Waals surface area contributed by atoms with Crippen molar-refractivity contribution in [3.63, 3.8) is 0 Å². The summed E-state index contributed by atoms with van der Waals surface area (Å²) in [5.41, 5.74) is 3.96. The first-order valence-corrected chi connectivity index (χ1v) is 16.6. The Hall–Kier alpha value is -4.35. The number of fused-ring (bicyclic) bond motifs is 1. The summed E-state index contributed by atoms with van der Waals surface area (Å²) in [5, 5.41) is 5.84. The van der Waals surface area contributed by atoms with Crippen LogP contribution in [0.1, 0.15) is 20.9 Å². The second-order valence-corrected chi connectivity index (χ2v) is 12.9. The van der Waals surface area contributed by atoms with E-state index in [1.54, 1.807) is 66.7 Å². The second kappa shape index (κ2) is 13.5. The van der Waals surface area contributed by atoms with Crippen molar-refractivity contribution >= 4 is 49.8 Å². The first-order chi connectivity index (χ1) is 21.2. The lowest BCUT2D eigenvalue weighted by Crippen LogP contribution is -2.52. The zero-order valence-corrected chi connectivity index (χ0v) is 26.3. The third-order valence-electron chi connectivity index (χ3n) is 7.45. The van der Waals surface area contributed by atoms with E-state index in [4.69, 9.17) is 4.74 Å². The van der Waals surface area contributed by atoms with Crippen LogP contribution in [0.15, 0.2) is 107 Å². The van der Waals surface area contributed by atoms with Crippen molar-refractivity contribution in [3.8, 4) is 16.9 Å². The van der Waals surface area contributed by atoms with Gasteiger partial charge in [0.05, 0.1) is 12.0 Å². The Balaban J connectivity index is 0.00000288. The number of hydrogen-bond acceptors (Lipinski definition) is 6. The van der Waals surface area contributed by atoms with Gasteiger partial charge in [0.1, 0.15) is 11.8 Å². The second-order valence-electron chi connectivity index (χ2n) is 10.2. The fraction of sp³-hybridized carbons (Fsp3) is 0.176. The molecule has 8 nitrogen and oxygen atoms in total. The van der Waals surface area contributed by atoms with Crippen LogP contribution in [0, 0.1) is 6.92 Å². The standard InChI is InChI=1S/C34H35N3O5S2.2H2/c1-4-37(25-17-19-26(42-3)20-18-25)33(38)30(21-24-11-6-5-7-12-24)35-34(39)36-44(40,41)32-16-10-14-27(23(32)2)29-22-43-31-15-9-8-13-28(29)31;;/h5-20,22,30,40-41H,4,21H2,1-3H3,(H2,35,36,39);2*1H/t30-;;/m0../s1. The van der Waals surface area contributed by atoms with Crippen LogP contribution in [0.5, 0.6) is 5.75 Å². The topological polar surface area (TPSA) is 111 Å². The largest absolute Gasteiger partial charge is 0.497 e. The van der Waals surface area contributed by atoms with Crippen LogP contribution >= 0.6 is 22.1 Å². The third kappa shape index (κ3) is 6.74. The van der Waals surface area contributed by atoms with Gasteiger partial charge in [0.15, 0.2) is 0 Å². The van der Waals surface area contributed by atoms with E-state index in [0.717, 1.165) is 26.8 Å². The van der Waals surface area contributed by atoms with Crippen LogP contribution in [0.25, 0.3) is 21.2 Å². The quantitative estimate of drug-likeness (QED) is 0.124. The molecule has 10 heteroatoms. The number of nitrogens with zero attached hydrogens (tertiary/aromatic N) is 1. The summed E-state index contributed by atoms with van der Waals surface area (Å²) in [6.07, 6.45) is 0.207. The van der Waals surface area contributed by atoms with E-state index >= 15 is 0 Å². The Morgan fingerprint density at radius 3 is 2.34 bits per heavy atom. The number of thiophene rings is 1. The molecule has 3 amide bonds. The summed E-state index contributed by atoms with van der Waals surface area (Å²) in [4.78, 5) is 29.0. The van der Waals surface area contributed by atoms with E-state index in [2.05, 4.69) is 10.0 Å². The number of benzene rings is 4. The number of amides is 3. The van der Waals surface area contributed by atoms with Gasteiger partial charge in [0.25, 0.3) is 0 Å². The lowest BCUT2D eigenvalue weighted by molar-refractivity contribution is -0.120. The van der Waals surface area contributed by atoms with Crippen molar-refractivity contribution in [2.24, 2.45) is 0 Å². The highest BCUT2D eigenvalue weighted by Crippen LogP contribution is 2.48. The number of likely N-dealkylation sites (N-methyl/N-ethyl adjacent to an activating group) is 1. The maximum absolute atomic E-state index is 13.9. The maximum atomic E-state index is 13.9. The van der Waals surface area contributed by atoms with Crippen molar-refractivity contribution < 1.29 is 26.3 Å². The van der Waals surface area contributed by atoms with Gasteiger partial charge in [0, 0.05) is 37.2 Å². The minimum absolute atomic E-state index is 0. The summed E-state index contributed by atoms with van der Waals surface area (Å²) in [5.74, 6) is 0.322. The minimum Gasteiger partial charge on any atom is -0.497 e. The first-order valence-electron chi connectivity index (χ1n) is 14.1. The third-order valence-corrected chi connectivity index (χ3v) is 9.94. The summed E-state index contributed by atoms with van der Waals surface area (Å²) in [6.45, 7) is 4.02. The molecule has 1 aromatic heterocycles. The number of rotatable bonds is 10. The Kier molecular flexibility index (Phi) is 9.55. The molecule has 0 saturated carbocycles. The summed E-state index contributed by atoms with van der Waals surface area (Å²) in [7, 11) is -2.21. The Labute approximate surface area is 265 Å². The molecule has 0 aliphatic carbocycles. The van der Waals surface area contributed by atoms with Crippen molar-refractivity contribution in [2.45, 2.75) is 31.2 Å². The lowest BCUT2D eigenvalue weighted by Gasteiger charge is -2.35. The van der Waals surface area contributed by atoms with Crippen molar-refractivity contribution in [1.82, 2.24) is 10.0 Å².